The maximum atomic E-state index is 12.5. The van der Waals surface area contributed by atoms with Gasteiger partial charge in [0.15, 0.2) is 0 Å². The van der Waals surface area contributed by atoms with Crippen molar-refractivity contribution in [2.75, 3.05) is 6.54 Å². The van der Waals surface area contributed by atoms with Crippen LogP contribution in [0.5, 0.6) is 0 Å². The van der Waals surface area contributed by atoms with Crippen molar-refractivity contribution in [1.29, 1.82) is 0 Å². The van der Waals surface area contributed by atoms with Gasteiger partial charge in [0.2, 0.25) is 0 Å². The number of amides is 1. The number of hydrogen-bond donors (Lipinski definition) is 2. The summed E-state index contributed by atoms with van der Waals surface area (Å²) in [6, 6.07) is 7.76. The molecular weight excluding hydrogens is 260 g/mol. The molecule has 0 spiro atoms. The van der Waals surface area contributed by atoms with Crippen LogP contribution in [0, 0.1) is 17.8 Å². The lowest BCUT2D eigenvalue weighted by molar-refractivity contribution is 0.0919. The summed E-state index contributed by atoms with van der Waals surface area (Å²) in [5.74, 6) is 6.52. The average Bonchev–Trinajstić information content (AvgIpc) is 2.53. The van der Waals surface area contributed by atoms with E-state index < -0.39 is 0 Å². The molecule has 0 radical (unpaired) electrons. The molecule has 112 valence electrons. The van der Waals surface area contributed by atoms with Gasteiger partial charge in [-0.2, -0.15) is 0 Å². The van der Waals surface area contributed by atoms with Crippen molar-refractivity contribution in [1.82, 2.24) is 5.32 Å². The molecule has 2 atom stereocenters. The van der Waals surface area contributed by atoms with Gasteiger partial charge >= 0.3 is 0 Å². The lowest BCUT2D eigenvalue weighted by Crippen LogP contribution is -2.38. The molecule has 0 aliphatic heterocycles. The van der Waals surface area contributed by atoms with Gasteiger partial charge in [0.25, 0.3) is 5.91 Å². The summed E-state index contributed by atoms with van der Waals surface area (Å²) >= 11 is 0. The van der Waals surface area contributed by atoms with E-state index in [9.17, 15) is 4.79 Å². The summed E-state index contributed by atoms with van der Waals surface area (Å²) in [7, 11) is 0. The Morgan fingerprint density at radius 3 is 2.95 bits per heavy atom. The van der Waals surface area contributed by atoms with Crippen LogP contribution in [0.3, 0.4) is 0 Å². The third kappa shape index (κ3) is 4.34. The smallest absolute Gasteiger partial charge is 0.252 e. The summed E-state index contributed by atoms with van der Waals surface area (Å²) in [5, 5.41) is 3.18. The molecular formula is C18H24N2O. The fourth-order valence-electron chi connectivity index (χ4n) is 2.99. The van der Waals surface area contributed by atoms with Gasteiger partial charge in [-0.15, -0.1) is 0 Å². The Morgan fingerprint density at radius 2 is 2.19 bits per heavy atom. The molecule has 21 heavy (non-hydrogen) atoms. The van der Waals surface area contributed by atoms with Crippen molar-refractivity contribution in [3.8, 4) is 11.8 Å². The van der Waals surface area contributed by atoms with Crippen molar-refractivity contribution in [3.05, 3.63) is 35.4 Å². The molecule has 0 aromatic heterocycles. The summed E-state index contributed by atoms with van der Waals surface area (Å²) in [5.41, 5.74) is 6.81. The molecule has 1 amide bonds. The molecule has 1 aliphatic carbocycles. The third-order valence-corrected chi connectivity index (χ3v) is 4.19. The van der Waals surface area contributed by atoms with Gasteiger partial charge in [0.05, 0.1) is 12.1 Å². The van der Waals surface area contributed by atoms with E-state index in [0.717, 1.165) is 24.3 Å². The lowest BCUT2D eigenvalue weighted by atomic mass is 9.84. The van der Waals surface area contributed by atoms with E-state index in [1.807, 2.05) is 24.3 Å². The minimum absolute atomic E-state index is 0.0151. The van der Waals surface area contributed by atoms with Crippen LogP contribution >= 0.6 is 0 Å². The Bertz CT molecular complexity index is 542. The van der Waals surface area contributed by atoms with Crippen LogP contribution in [-0.4, -0.2) is 18.5 Å². The molecule has 0 bridgehead atoms. The molecule has 2 unspecified atom stereocenters. The third-order valence-electron chi connectivity index (χ3n) is 4.19. The monoisotopic (exact) mass is 284 g/mol. The topological polar surface area (TPSA) is 55.1 Å². The van der Waals surface area contributed by atoms with Crippen molar-refractivity contribution in [2.45, 2.75) is 45.1 Å². The maximum Gasteiger partial charge on any atom is 0.252 e. The Labute approximate surface area is 127 Å². The van der Waals surface area contributed by atoms with Crippen LogP contribution in [0.2, 0.25) is 0 Å². The fourth-order valence-corrected chi connectivity index (χ4v) is 2.99. The summed E-state index contributed by atoms with van der Waals surface area (Å²) in [6.45, 7) is 2.53. The minimum Gasteiger partial charge on any atom is -0.349 e. The van der Waals surface area contributed by atoms with E-state index in [0.29, 0.717) is 18.2 Å². The standard InChI is InChI=1S/C18H24N2O/c1-2-14-7-5-10-16(13-14)20-18(21)17-11-4-3-8-15(17)9-6-12-19/h3-4,8,11,14,16H,2,5,7,10,12-13,19H2,1H3,(H,20,21). The highest BCUT2D eigenvalue weighted by Gasteiger charge is 2.23. The molecule has 0 heterocycles. The number of nitrogens with two attached hydrogens (primary N) is 1. The van der Waals surface area contributed by atoms with Gasteiger partial charge < -0.3 is 11.1 Å². The Kier molecular flexibility index (Phi) is 5.83. The predicted molar refractivity (Wildman–Crippen MR) is 85.9 cm³/mol. The number of rotatable bonds is 3. The molecule has 1 saturated carbocycles. The van der Waals surface area contributed by atoms with Crippen LogP contribution in [-0.2, 0) is 0 Å². The summed E-state index contributed by atoms with van der Waals surface area (Å²) < 4.78 is 0. The SMILES string of the molecule is CCC1CCCC(NC(=O)c2ccccc2C#CCN)C1. The quantitative estimate of drug-likeness (QED) is 0.839. The first-order valence-electron chi connectivity index (χ1n) is 7.83. The second-order valence-corrected chi connectivity index (χ2v) is 5.66. The average molecular weight is 284 g/mol. The van der Waals surface area contributed by atoms with Crippen LogP contribution in [0.15, 0.2) is 24.3 Å². The van der Waals surface area contributed by atoms with E-state index >= 15 is 0 Å². The highest BCUT2D eigenvalue weighted by Crippen LogP contribution is 2.26. The van der Waals surface area contributed by atoms with E-state index in [1.165, 1.54) is 19.3 Å². The van der Waals surface area contributed by atoms with Gasteiger partial charge in [-0.1, -0.05) is 50.2 Å². The Morgan fingerprint density at radius 1 is 1.38 bits per heavy atom. The molecule has 1 aromatic rings. The summed E-state index contributed by atoms with van der Waals surface area (Å²) in [4.78, 5) is 12.5. The van der Waals surface area contributed by atoms with Crippen molar-refractivity contribution in [2.24, 2.45) is 11.7 Å². The molecule has 3 N–H and O–H groups in total. The molecule has 0 saturated heterocycles. The summed E-state index contributed by atoms with van der Waals surface area (Å²) in [6.07, 6.45) is 5.88. The van der Waals surface area contributed by atoms with E-state index in [-0.39, 0.29) is 5.91 Å². The first-order chi connectivity index (χ1) is 10.2. The van der Waals surface area contributed by atoms with E-state index in [4.69, 9.17) is 5.73 Å². The van der Waals surface area contributed by atoms with Crippen molar-refractivity contribution < 1.29 is 4.79 Å². The Hall–Kier alpha value is -1.79. The number of nitrogens with one attached hydrogen (secondary N) is 1. The van der Waals surface area contributed by atoms with E-state index in [2.05, 4.69) is 24.1 Å². The first kappa shape index (κ1) is 15.6. The minimum atomic E-state index is -0.0151. The van der Waals surface area contributed by atoms with Gasteiger partial charge in [-0.3, -0.25) is 4.79 Å². The van der Waals surface area contributed by atoms with Gasteiger partial charge in [0, 0.05) is 11.6 Å². The zero-order valence-corrected chi connectivity index (χ0v) is 12.7. The first-order valence-corrected chi connectivity index (χ1v) is 7.83. The zero-order chi connectivity index (χ0) is 15.1. The number of carbonyl (C=O) groups excluding carboxylic acids is 1. The van der Waals surface area contributed by atoms with Crippen LogP contribution in [0.1, 0.15) is 54.9 Å². The molecule has 2 rings (SSSR count). The molecule has 1 aliphatic rings. The van der Waals surface area contributed by atoms with Gasteiger partial charge in [-0.05, 0) is 30.9 Å². The van der Waals surface area contributed by atoms with Gasteiger partial charge in [-0.25, -0.2) is 0 Å². The highest BCUT2D eigenvalue weighted by atomic mass is 16.1. The second kappa shape index (κ2) is 7.85. The number of benzene rings is 1. The predicted octanol–water partition coefficient (Wildman–Crippen LogP) is 2.70. The molecule has 1 fully saturated rings. The van der Waals surface area contributed by atoms with Crippen LogP contribution < -0.4 is 11.1 Å². The largest absolute Gasteiger partial charge is 0.349 e. The molecule has 3 heteroatoms. The molecule has 3 nitrogen and oxygen atoms in total. The maximum absolute atomic E-state index is 12.5. The number of carbonyl (C=O) groups is 1. The van der Waals surface area contributed by atoms with E-state index in [1.54, 1.807) is 0 Å². The Balaban J connectivity index is 2.06. The van der Waals surface area contributed by atoms with Crippen LogP contribution in [0.25, 0.3) is 0 Å². The normalized spacial score (nSPS) is 21.2. The number of hydrogen-bond acceptors (Lipinski definition) is 2. The fraction of sp³-hybridized carbons (Fsp3) is 0.500. The van der Waals surface area contributed by atoms with Crippen molar-refractivity contribution in [3.63, 3.8) is 0 Å². The highest BCUT2D eigenvalue weighted by molar-refractivity contribution is 5.96. The molecule has 1 aromatic carbocycles. The zero-order valence-electron chi connectivity index (χ0n) is 12.7. The lowest BCUT2D eigenvalue weighted by Gasteiger charge is -2.29. The van der Waals surface area contributed by atoms with Crippen molar-refractivity contribution >= 4 is 5.91 Å². The van der Waals surface area contributed by atoms with Gasteiger partial charge in [0.1, 0.15) is 0 Å². The second-order valence-electron chi connectivity index (χ2n) is 5.66. The van der Waals surface area contributed by atoms with Crippen LogP contribution in [0.4, 0.5) is 0 Å².